The predicted molar refractivity (Wildman–Crippen MR) is 342 cm³/mol. The number of nitrogens with zero attached hydrogens (tertiary/aromatic N) is 9. The molecule has 0 unspecified atom stereocenters. The van der Waals surface area contributed by atoms with Gasteiger partial charge in [0.15, 0.2) is 17.3 Å². The molecular weight excluding hydrogens is 1040 g/mol. The minimum Gasteiger partial charge on any atom is -0.344 e. The first-order valence-corrected chi connectivity index (χ1v) is 31.5. The Morgan fingerprint density at radius 1 is 0.476 bits per heavy atom. The van der Waals surface area contributed by atoms with Crippen molar-refractivity contribution in [2.75, 3.05) is 0 Å². The van der Waals surface area contributed by atoms with Crippen LogP contribution in [0.3, 0.4) is 0 Å². The van der Waals surface area contributed by atoms with E-state index in [-0.39, 0.29) is 38.0 Å². The van der Waals surface area contributed by atoms with Gasteiger partial charge in [0.25, 0.3) is 0 Å². The lowest BCUT2D eigenvalue weighted by Gasteiger charge is -2.26. The van der Waals surface area contributed by atoms with Crippen LogP contribution in [0.15, 0.2) is 91.8 Å². The van der Waals surface area contributed by atoms with Crippen LogP contribution in [0.2, 0.25) is 0 Å². The van der Waals surface area contributed by atoms with Gasteiger partial charge >= 0.3 is 0 Å². The van der Waals surface area contributed by atoms with Gasteiger partial charge in [-0.2, -0.15) is 0 Å². The summed E-state index contributed by atoms with van der Waals surface area (Å²) >= 11 is 0. The minimum absolute atomic E-state index is 0. The number of aromatic nitrogens is 9. The standard InChI is InChI=1S/C23H25N3O.C23H27N3O.C20H21N3O.2C2H6.2CH4/c27-23-17(14-25-12-10-24-20(25)13-15-6-7-15)8-9-19-21(23)18-5-1-3-16-4-2-11-26(19)22(16)18;1-23(2,3)22-24-11-13-25(22)14-16-9-10-18-19(21(16)27)17-8-4-6-15-7-5-12-26(18)20(15)17;1-13-21-9-11-22(13)12-15-7-8-17-18(20(15)24)16-6-2-4-14-5-3-10-23(17)19(14)16;2*1-2;;/h1,3,5,10,12,15,17H,2,4,6-9,11,13-14H2;4,6,8,11,13,16H,5,7,9-10,12,14H2,1-3H3;2,4,6,9,11,15H,3,5,7-8,10,12H2,1H3;2*1-2H3;2*1H4/t17-;16-;15-;;;;/m111..../s1. The zero-order valence-electron chi connectivity index (χ0n) is 50.1. The van der Waals surface area contributed by atoms with E-state index >= 15 is 0 Å². The Balaban J connectivity index is 0.000000135. The fourth-order valence-electron chi connectivity index (χ4n) is 15.0. The molecule has 0 radical (unpaired) electrons. The lowest BCUT2D eigenvalue weighted by atomic mass is 9.84. The first-order chi connectivity index (χ1) is 40.0. The molecule has 0 bridgehead atoms. The van der Waals surface area contributed by atoms with Crippen molar-refractivity contribution < 1.29 is 14.4 Å². The van der Waals surface area contributed by atoms with Gasteiger partial charge in [-0.25, -0.2) is 15.0 Å². The quantitative estimate of drug-likeness (QED) is 0.149. The molecule has 4 aliphatic carbocycles. The molecule has 84 heavy (non-hydrogen) atoms. The zero-order valence-corrected chi connectivity index (χ0v) is 50.1. The van der Waals surface area contributed by atoms with Crippen molar-refractivity contribution in [3.8, 4) is 0 Å². The number of para-hydroxylation sites is 3. The summed E-state index contributed by atoms with van der Waals surface area (Å²) in [6, 6.07) is 19.5. The van der Waals surface area contributed by atoms with Crippen molar-refractivity contribution in [3.05, 3.63) is 160 Å². The molecule has 9 heterocycles. The molecule has 12 heteroatoms. The summed E-state index contributed by atoms with van der Waals surface area (Å²) in [6.45, 7) is 22.0. The van der Waals surface area contributed by atoms with Crippen LogP contribution in [-0.2, 0) is 89.6 Å². The van der Waals surface area contributed by atoms with Crippen LogP contribution in [0.5, 0.6) is 0 Å². The molecule has 0 saturated heterocycles. The molecule has 3 aliphatic heterocycles. The van der Waals surface area contributed by atoms with Gasteiger partial charge in [0.05, 0.1) is 16.6 Å². The van der Waals surface area contributed by atoms with Gasteiger partial charge in [0.2, 0.25) is 0 Å². The number of carbonyl (C=O) groups excluding carboxylic acids is 3. The van der Waals surface area contributed by atoms with E-state index in [2.05, 4.69) is 124 Å². The van der Waals surface area contributed by atoms with E-state index in [0.29, 0.717) is 17.3 Å². The van der Waals surface area contributed by atoms with Crippen molar-refractivity contribution in [2.24, 2.45) is 23.7 Å². The summed E-state index contributed by atoms with van der Waals surface area (Å²) in [5, 5.41) is 3.55. The number of aryl methyl sites for hydroxylation is 7. The largest absolute Gasteiger partial charge is 0.344 e. The maximum absolute atomic E-state index is 13.5. The average molecular weight is 1130 g/mol. The van der Waals surface area contributed by atoms with Gasteiger partial charge in [-0.1, -0.05) is 118 Å². The number of fused-ring (bicyclic) bond motifs is 9. The maximum atomic E-state index is 13.5. The summed E-state index contributed by atoms with van der Waals surface area (Å²) in [7, 11) is 0. The first-order valence-electron chi connectivity index (χ1n) is 31.5. The van der Waals surface area contributed by atoms with E-state index < -0.39 is 0 Å². The van der Waals surface area contributed by atoms with Gasteiger partial charge in [-0.3, -0.25) is 14.4 Å². The summed E-state index contributed by atoms with van der Waals surface area (Å²) in [4.78, 5) is 53.7. The van der Waals surface area contributed by atoms with E-state index in [1.165, 1.54) is 104 Å². The highest BCUT2D eigenvalue weighted by molar-refractivity contribution is 6.14. The molecule has 1 fully saturated rings. The highest BCUT2D eigenvalue weighted by Crippen LogP contribution is 2.42. The molecule has 3 atom stereocenters. The number of imidazole rings is 3. The Hall–Kier alpha value is -7.08. The fourth-order valence-corrected chi connectivity index (χ4v) is 15.0. The van der Waals surface area contributed by atoms with Crippen LogP contribution in [-0.4, -0.2) is 59.7 Å². The monoisotopic (exact) mass is 1130 g/mol. The Labute approximate surface area is 499 Å². The third-order valence-corrected chi connectivity index (χ3v) is 18.9. The topological polar surface area (TPSA) is 119 Å². The second-order valence-corrected chi connectivity index (χ2v) is 24.9. The maximum Gasteiger partial charge on any atom is 0.170 e. The summed E-state index contributed by atoms with van der Waals surface area (Å²) < 4.78 is 13.9. The van der Waals surface area contributed by atoms with Crippen molar-refractivity contribution in [3.63, 3.8) is 0 Å². The second-order valence-electron chi connectivity index (χ2n) is 24.9. The van der Waals surface area contributed by atoms with Crippen molar-refractivity contribution in [1.82, 2.24) is 42.4 Å². The molecule has 0 N–H and O–H groups in total. The molecule has 0 spiro atoms. The second kappa shape index (κ2) is 24.9. The molecule has 9 aromatic rings. The number of hydrogen-bond donors (Lipinski definition) is 0. The number of Topliss-reactive ketones (excluding diaryl/α,β-unsaturated/α-hetero) is 3. The van der Waals surface area contributed by atoms with Crippen LogP contribution >= 0.6 is 0 Å². The number of benzene rings is 3. The first kappa shape index (κ1) is 60.1. The molecule has 1 saturated carbocycles. The number of rotatable bonds is 8. The lowest BCUT2D eigenvalue weighted by Crippen LogP contribution is -2.29. The van der Waals surface area contributed by atoms with E-state index in [1.54, 1.807) is 0 Å². The Kier molecular flexibility index (Phi) is 17.8. The molecule has 6 aromatic heterocycles. The van der Waals surface area contributed by atoms with E-state index in [0.717, 1.165) is 138 Å². The van der Waals surface area contributed by atoms with Crippen LogP contribution in [0.25, 0.3) is 32.7 Å². The third kappa shape index (κ3) is 10.8. The molecule has 444 valence electrons. The Morgan fingerprint density at radius 3 is 1.26 bits per heavy atom. The van der Waals surface area contributed by atoms with Gasteiger partial charge < -0.3 is 27.4 Å². The van der Waals surface area contributed by atoms with Gasteiger partial charge in [0, 0.05) is 156 Å². The third-order valence-electron chi connectivity index (χ3n) is 18.9. The Bertz CT molecular complexity index is 3860. The lowest BCUT2D eigenvalue weighted by molar-refractivity contribution is 0.0879. The van der Waals surface area contributed by atoms with Gasteiger partial charge in [0.1, 0.15) is 17.5 Å². The Morgan fingerprint density at radius 2 is 0.857 bits per heavy atom. The highest BCUT2D eigenvalue weighted by Gasteiger charge is 2.38. The van der Waals surface area contributed by atoms with Crippen LogP contribution in [0.1, 0.15) is 197 Å². The summed E-state index contributed by atoms with van der Waals surface area (Å²) in [5.41, 5.74) is 15.1. The number of carbonyl (C=O) groups is 3. The zero-order chi connectivity index (χ0) is 57.0. The molecule has 16 rings (SSSR count). The van der Waals surface area contributed by atoms with E-state index in [1.807, 2.05) is 65.6 Å². The summed E-state index contributed by atoms with van der Waals surface area (Å²) in [5.74, 6) is 5.21. The summed E-state index contributed by atoms with van der Waals surface area (Å²) in [6.07, 6.45) is 28.2. The molecular formula is C72H93N9O3. The highest BCUT2D eigenvalue weighted by atomic mass is 16.1. The normalized spacial score (nSPS) is 19.0. The van der Waals surface area contributed by atoms with Crippen molar-refractivity contribution >= 4 is 50.1 Å². The average Bonchev–Trinajstić information content (AvgIpc) is 1.81. The molecule has 7 aliphatic rings. The van der Waals surface area contributed by atoms with Crippen LogP contribution < -0.4 is 0 Å². The van der Waals surface area contributed by atoms with Crippen LogP contribution in [0.4, 0.5) is 0 Å². The number of hydrogen-bond acceptors (Lipinski definition) is 6. The SMILES string of the molecule is C.C.CC.CC.CC(C)(C)c1nccn1C[C@H]1CCc2c(c3cccc4c3n2CCC4)C1=O.Cc1nccn1C[C@H]1CCc2c(c3cccc4c3n2CCC4)C1=O.O=C1c2c(n3c4c(cccc24)CCC3)CC[C@@H]1Cn1ccnc1CC1CC1. The van der Waals surface area contributed by atoms with Crippen molar-refractivity contribution in [1.29, 1.82) is 0 Å². The molecule has 12 nitrogen and oxygen atoms in total. The number of ketones is 3. The predicted octanol–water partition coefficient (Wildman–Crippen LogP) is 15.6. The van der Waals surface area contributed by atoms with Crippen molar-refractivity contribution in [2.45, 2.75) is 211 Å². The van der Waals surface area contributed by atoms with Crippen LogP contribution in [0, 0.1) is 30.6 Å². The smallest absolute Gasteiger partial charge is 0.170 e. The molecule has 3 aromatic carbocycles. The molecule has 0 amide bonds. The van der Waals surface area contributed by atoms with Gasteiger partial charge in [-0.05, 0) is 119 Å². The van der Waals surface area contributed by atoms with E-state index in [9.17, 15) is 14.4 Å². The fraction of sp³-hybridized carbons (Fsp3) is 0.500. The van der Waals surface area contributed by atoms with E-state index in [4.69, 9.17) is 0 Å². The minimum atomic E-state index is -0.0178. The van der Waals surface area contributed by atoms with Gasteiger partial charge in [-0.15, -0.1) is 0 Å².